The molecule has 0 fully saturated rings. The third kappa shape index (κ3) is 3.75. The molecule has 146 valence electrons. The minimum atomic E-state index is -0.167. The number of hydrogen-bond donors (Lipinski definition) is 0. The summed E-state index contributed by atoms with van der Waals surface area (Å²) in [6, 6.07) is 23.6. The number of benzene rings is 2. The smallest absolute Gasteiger partial charge is 0.221 e. The lowest BCUT2D eigenvalue weighted by Crippen LogP contribution is -1.99. The predicted octanol–water partition coefficient (Wildman–Crippen LogP) is 6.30. The van der Waals surface area contributed by atoms with Crippen LogP contribution in [0.15, 0.2) is 94.9 Å². The molecule has 0 spiro atoms. The first kappa shape index (κ1) is 18.3. The van der Waals surface area contributed by atoms with Crippen molar-refractivity contribution in [3.8, 4) is 10.6 Å². The third-order valence-electron chi connectivity index (χ3n) is 4.81. The molecular formula is C25H18N2O2S. The van der Waals surface area contributed by atoms with E-state index in [1.807, 2.05) is 76.9 Å². The van der Waals surface area contributed by atoms with E-state index in [-0.39, 0.29) is 5.78 Å². The van der Waals surface area contributed by atoms with Gasteiger partial charge >= 0.3 is 0 Å². The maximum atomic E-state index is 12.7. The van der Waals surface area contributed by atoms with Gasteiger partial charge in [-0.3, -0.25) is 9.48 Å². The number of allylic oxidation sites excluding steroid dienone is 1. The van der Waals surface area contributed by atoms with Crippen LogP contribution in [0, 0.1) is 0 Å². The summed E-state index contributed by atoms with van der Waals surface area (Å²) in [5.74, 6) is 0.168. The molecule has 0 bridgehead atoms. The monoisotopic (exact) mass is 410 g/mol. The minimum absolute atomic E-state index is 0.167. The molecule has 5 heteroatoms. The standard InChI is InChI=1S/C25H18N2O2S/c28-21(23-15-19-9-4-5-10-22(19)29-23)13-12-20-17-27(16-18-7-2-1-3-8-18)26-25(20)24-11-6-14-30-24/h1-15,17H,16H2/b13-12+. The Morgan fingerprint density at radius 3 is 2.67 bits per heavy atom. The van der Waals surface area contributed by atoms with E-state index in [1.165, 1.54) is 5.56 Å². The van der Waals surface area contributed by atoms with Crippen molar-refractivity contribution >= 4 is 34.2 Å². The van der Waals surface area contributed by atoms with E-state index in [4.69, 9.17) is 9.52 Å². The number of aromatic nitrogens is 2. The molecule has 0 saturated heterocycles. The van der Waals surface area contributed by atoms with Crippen LogP contribution in [0.5, 0.6) is 0 Å². The molecule has 0 N–H and O–H groups in total. The molecule has 3 heterocycles. The lowest BCUT2D eigenvalue weighted by molar-refractivity contribution is 0.102. The molecule has 0 radical (unpaired) electrons. The van der Waals surface area contributed by atoms with Crippen LogP contribution >= 0.6 is 11.3 Å². The molecule has 5 rings (SSSR count). The fourth-order valence-corrected chi connectivity index (χ4v) is 4.10. The van der Waals surface area contributed by atoms with Gasteiger partial charge in [-0.2, -0.15) is 5.10 Å². The highest BCUT2D eigenvalue weighted by Gasteiger charge is 2.13. The van der Waals surface area contributed by atoms with Crippen molar-refractivity contribution in [3.05, 3.63) is 107 Å². The van der Waals surface area contributed by atoms with Crippen LogP contribution < -0.4 is 0 Å². The number of carbonyl (C=O) groups is 1. The van der Waals surface area contributed by atoms with Gasteiger partial charge in [0.15, 0.2) is 5.76 Å². The molecule has 0 saturated carbocycles. The van der Waals surface area contributed by atoms with Crippen molar-refractivity contribution in [2.75, 3.05) is 0 Å². The zero-order chi connectivity index (χ0) is 20.3. The zero-order valence-corrected chi connectivity index (χ0v) is 16.9. The Balaban J connectivity index is 1.45. The summed E-state index contributed by atoms with van der Waals surface area (Å²) in [5, 5.41) is 7.72. The Morgan fingerprint density at radius 2 is 1.87 bits per heavy atom. The van der Waals surface area contributed by atoms with Gasteiger partial charge < -0.3 is 4.42 Å². The summed E-state index contributed by atoms with van der Waals surface area (Å²) in [7, 11) is 0. The zero-order valence-electron chi connectivity index (χ0n) is 16.1. The van der Waals surface area contributed by atoms with Gasteiger partial charge in [0.1, 0.15) is 11.3 Å². The van der Waals surface area contributed by atoms with E-state index >= 15 is 0 Å². The summed E-state index contributed by atoms with van der Waals surface area (Å²) < 4.78 is 7.60. The molecule has 2 aromatic carbocycles. The van der Waals surface area contributed by atoms with Crippen LogP contribution in [-0.4, -0.2) is 15.6 Å². The second-order valence-electron chi connectivity index (χ2n) is 6.94. The molecule has 0 aliphatic heterocycles. The Kier molecular flexibility index (Phi) is 4.87. The molecule has 0 atom stereocenters. The second kappa shape index (κ2) is 7.97. The summed E-state index contributed by atoms with van der Waals surface area (Å²) in [6.07, 6.45) is 5.35. The van der Waals surface area contributed by atoms with Crippen LogP contribution in [0.3, 0.4) is 0 Å². The Labute approximate surface area is 177 Å². The second-order valence-corrected chi connectivity index (χ2v) is 7.89. The summed E-state index contributed by atoms with van der Waals surface area (Å²) in [5.41, 5.74) is 3.66. The van der Waals surface area contributed by atoms with Crippen LogP contribution in [0.1, 0.15) is 21.7 Å². The molecule has 5 aromatic rings. The number of nitrogens with zero attached hydrogens (tertiary/aromatic N) is 2. The number of rotatable bonds is 6. The van der Waals surface area contributed by atoms with Crippen molar-refractivity contribution < 1.29 is 9.21 Å². The summed E-state index contributed by atoms with van der Waals surface area (Å²) in [6.45, 7) is 0.671. The van der Waals surface area contributed by atoms with Crippen LogP contribution in [0.25, 0.3) is 27.6 Å². The number of ketones is 1. The number of carbonyl (C=O) groups excluding carboxylic acids is 1. The van der Waals surface area contributed by atoms with Gasteiger partial charge in [-0.15, -0.1) is 11.3 Å². The van der Waals surface area contributed by atoms with E-state index in [1.54, 1.807) is 23.5 Å². The van der Waals surface area contributed by atoms with Gasteiger partial charge in [0.25, 0.3) is 0 Å². The van der Waals surface area contributed by atoms with E-state index in [0.29, 0.717) is 17.9 Å². The normalized spacial score (nSPS) is 11.5. The van der Waals surface area contributed by atoms with Gasteiger partial charge in [0, 0.05) is 17.1 Å². The molecule has 0 aliphatic carbocycles. The van der Waals surface area contributed by atoms with Gasteiger partial charge in [-0.1, -0.05) is 54.6 Å². The van der Waals surface area contributed by atoms with Crippen molar-refractivity contribution in [3.63, 3.8) is 0 Å². The van der Waals surface area contributed by atoms with Crippen LogP contribution in [0.2, 0.25) is 0 Å². The van der Waals surface area contributed by atoms with Crippen molar-refractivity contribution in [1.29, 1.82) is 0 Å². The highest BCUT2D eigenvalue weighted by molar-refractivity contribution is 7.13. The first-order valence-corrected chi connectivity index (χ1v) is 10.5. The Morgan fingerprint density at radius 1 is 1.03 bits per heavy atom. The van der Waals surface area contributed by atoms with E-state index in [2.05, 4.69) is 12.1 Å². The molecule has 0 amide bonds. The van der Waals surface area contributed by atoms with Gasteiger partial charge in [-0.05, 0) is 41.3 Å². The fourth-order valence-electron chi connectivity index (χ4n) is 3.37. The lowest BCUT2D eigenvalue weighted by Gasteiger charge is -2.00. The van der Waals surface area contributed by atoms with Crippen molar-refractivity contribution in [2.24, 2.45) is 0 Å². The average Bonchev–Trinajstić information content (AvgIpc) is 3.51. The van der Waals surface area contributed by atoms with Crippen molar-refractivity contribution in [2.45, 2.75) is 6.54 Å². The fraction of sp³-hybridized carbons (Fsp3) is 0.0400. The maximum Gasteiger partial charge on any atom is 0.221 e. The number of furan rings is 1. The van der Waals surface area contributed by atoms with Crippen LogP contribution in [0.4, 0.5) is 0 Å². The van der Waals surface area contributed by atoms with Gasteiger partial charge in [0.05, 0.1) is 11.4 Å². The van der Waals surface area contributed by atoms with Crippen molar-refractivity contribution in [1.82, 2.24) is 9.78 Å². The molecule has 0 unspecified atom stereocenters. The Hall–Kier alpha value is -3.70. The van der Waals surface area contributed by atoms with Gasteiger partial charge in [-0.25, -0.2) is 0 Å². The number of hydrogen-bond acceptors (Lipinski definition) is 4. The quantitative estimate of drug-likeness (QED) is 0.244. The van der Waals surface area contributed by atoms with E-state index in [9.17, 15) is 4.79 Å². The molecule has 0 aliphatic rings. The lowest BCUT2D eigenvalue weighted by atomic mass is 10.1. The predicted molar refractivity (Wildman–Crippen MR) is 121 cm³/mol. The SMILES string of the molecule is O=C(/C=C/c1cn(Cc2ccccc2)nc1-c1cccs1)c1cc2ccccc2o1. The van der Waals surface area contributed by atoms with E-state index < -0.39 is 0 Å². The van der Waals surface area contributed by atoms with Crippen LogP contribution in [-0.2, 0) is 6.54 Å². The molecule has 3 aromatic heterocycles. The first-order chi connectivity index (χ1) is 14.8. The highest BCUT2D eigenvalue weighted by atomic mass is 32.1. The molecular weight excluding hydrogens is 392 g/mol. The minimum Gasteiger partial charge on any atom is -0.453 e. The number of fused-ring (bicyclic) bond motifs is 1. The average molecular weight is 410 g/mol. The van der Waals surface area contributed by atoms with Gasteiger partial charge in [0.2, 0.25) is 5.78 Å². The summed E-state index contributed by atoms with van der Waals surface area (Å²) >= 11 is 1.63. The highest BCUT2D eigenvalue weighted by Crippen LogP contribution is 2.28. The van der Waals surface area contributed by atoms with E-state index in [0.717, 1.165) is 21.5 Å². The Bertz CT molecular complexity index is 1300. The molecule has 30 heavy (non-hydrogen) atoms. The first-order valence-electron chi connectivity index (χ1n) is 9.62. The topological polar surface area (TPSA) is 48.0 Å². The number of thiophene rings is 1. The third-order valence-corrected chi connectivity index (χ3v) is 5.69. The largest absolute Gasteiger partial charge is 0.453 e. The number of para-hydroxylation sites is 1. The maximum absolute atomic E-state index is 12.7. The summed E-state index contributed by atoms with van der Waals surface area (Å²) in [4.78, 5) is 13.7. The molecule has 4 nitrogen and oxygen atoms in total.